The lowest BCUT2D eigenvalue weighted by atomic mass is 9.99. The lowest BCUT2D eigenvalue weighted by Gasteiger charge is -2.13. The first kappa shape index (κ1) is 18.6. The molecule has 114 valence electrons. The highest BCUT2D eigenvalue weighted by Gasteiger charge is 2.21. The van der Waals surface area contributed by atoms with Gasteiger partial charge in [0.2, 0.25) is 5.91 Å². The van der Waals surface area contributed by atoms with Gasteiger partial charge in [0.05, 0.1) is 12.5 Å². The van der Waals surface area contributed by atoms with Gasteiger partial charge in [0.15, 0.2) is 0 Å². The number of carbonyl (C=O) groups excluding carboxylic acids is 3. The summed E-state index contributed by atoms with van der Waals surface area (Å²) in [5.74, 6) is -2.48. The van der Waals surface area contributed by atoms with Gasteiger partial charge in [-0.15, -0.1) is 0 Å². The van der Waals surface area contributed by atoms with Crippen LogP contribution < -0.4 is 11.1 Å². The van der Waals surface area contributed by atoms with Crippen molar-refractivity contribution < 1.29 is 24.3 Å². The molecular weight excluding hydrogens is 284 g/mol. The second-order valence-corrected chi connectivity index (χ2v) is 4.89. The van der Waals surface area contributed by atoms with Crippen molar-refractivity contribution in [1.29, 1.82) is 0 Å². The number of amides is 1. The molecule has 0 aliphatic rings. The van der Waals surface area contributed by atoms with Crippen LogP contribution in [0.1, 0.15) is 26.2 Å². The Hall–Kier alpha value is -1.41. The molecule has 0 heterocycles. The molecule has 0 rings (SSSR count). The Kier molecular flexibility index (Phi) is 8.82. The van der Waals surface area contributed by atoms with Gasteiger partial charge in [0.25, 0.3) is 0 Å². The van der Waals surface area contributed by atoms with Gasteiger partial charge in [0, 0.05) is 18.6 Å². The Morgan fingerprint density at radius 1 is 1.30 bits per heavy atom. The molecule has 0 aliphatic heterocycles. The molecule has 0 radical (unpaired) electrons. The van der Waals surface area contributed by atoms with Crippen molar-refractivity contribution in [1.82, 2.24) is 5.32 Å². The zero-order valence-electron chi connectivity index (χ0n) is 11.3. The van der Waals surface area contributed by atoms with E-state index in [1.54, 1.807) is 0 Å². The van der Waals surface area contributed by atoms with E-state index >= 15 is 0 Å². The molecule has 2 atom stereocenters. The summed E-state index contributed by atoms with van der Waals surface area (Å²) >= 11 is 4.00. The molecule has 0 spiro atoms. The van der Waals surface area contributed by atoms with Gasteiger partial charge in [-0.05, 0) is 13.3 Å². The maximum absolute atomic E-state index is 11.7. The van der Waals surface area contributed by atoms with Crippen LogP contribution in [0, 0.1) is 5.92 Å². The molecule has 0 unspecified atom stereocenters. The van der Waals surface area contributed by atoms with E-state index in [4.69, 9.17) is 10.8 Å². The van der Waals surface area contributed by atoms with Gasteiger partial charge in [-0.2, -0.15) is 12.6 Å². The predicted octanol–water partition coefficient (Wildman–Crippen LogP) is -0.611. The summed E-state index contributed by atoms with van der Waals surface area (Å²) in [5, 5.41) is 11.0. The SMILES string of the molecule is CC(=O)CNC(=O)[C@H](CS)CC(=O)CC[C@H](N)C(=O)O. The lowest BCUT2D eigenvalue weighted by Crippen LogP contribution is -2.36. The van der Waals surface area contributed by atoms with Crippen molar-refractivity contribution in [3.63, 3.8) is 0 Å². The second kappa shape index (κ2) is 9.49. The number of carboxylic acids is 1. The topological polar surface area (TPSA) is 127 Å². The smallest absolute Gasteiger partial charge is 0.320 e. The van der Waals surface area contributed by atoms with Crippen molar-refractivity contribution in [3.05, 3.63) is 0 Å². The average Bonchev–Trinajstić information content (AvgIpc) is 2.38. The van der Waals surface area contributed by atoms with Crippen LogP contribution >= 0.6 is 12.6 Å². The van der Waals surface area contributed by atoms with Gasteiger partial charge in [0.1, 0.15) is 17.6 Å². The number of rotatable bonds is 10. The standard InChI is InChI=1S/C12H20N2O5S/c1-7(15)5-14-11(17)8(6-20)4-9(16)2-3-10(13)12(18)19/h8,10,20H,2-6,13H2,1H3,(H,14,17)(H,18,19)/t8-,10-/m0/s1. The summed E-state index contributed by atoms with van der Waals surface area (Å²) in [5.41, 5.74) is 5.29. The van der Waals surface area contributed by atoms with Crippen LogP contribution in [0.2, 0.25) is 0 Å². The summed E-state index contributed by atoms with van der Waals surface area (Å²) in [4.78, 5) is 44.6. The van der Waals surface area contributed by atoms with Gasteiger partial charge >= 0.3 is 5.97 Å². The number of thiol groups is 1. The first-order valence-electron chi connectivity index (χ1n) is 6.16. The third kappa shape index (κ3) is 7.90. The van der Waals surface area contributed by atoms with Crippen LogP contribution in [0.15, 0.2) is 0 Å². The van der Waals surface area contributed by atoms with Crippen molar-refractivity contribution >= 4 is 36.1 Å². The summed E-state index contributed by atoms with van der Waals surface area (Å²) in [6.07, 6.45) is -0.0141. The van der Waals surface area contributed by atoms with E-state index in [1.165, 1.54) is 6.92 Å². The molecule has 0 aromatic heterocycles. The fourth-order valence-corrected chi connectivity index (χ4v) is 1.71. The molecule has 8 heteroatoms. The Bertz CT molecular complexity index is 386. The number of carboxylic acid groups (broad SMARTS) is 1. The summed E-state index contributed by atoms with van der Waals surface area (Å²) in [7, 11) is 0. The fraction of sp³-hybridized carbons (Fsp3) is 0.667. The summed E-state index contributed by atoms with van der Waals surface area (Å²) in [6, 6.07) is -1.08. The summed E-state index contributed by atoms with van der Waals surface area (Å²) in [6.45, 7) is 1.26. The minimum atomic E-state index is -1.16. The minimum Gasteiger partial charge on any atom is -0.480 e. The van der Waals surface area contributed by atoms with E-state index in [1.807, 2.05) is 0 Å². The highest BCUT2D eigenvalue weighted by atomic mass is 32.1. The monoisotopic (exact) mass is 304 g/mol. The summed E-state index contributed by atoms with van der Waals surface area (Å²) < 4.78 is 0. The number of carbonyl (C=O) groups is 4. The highest BCUT2D eigenvalue weighted by Crippen LogP contribution is 2.10. The first-order chi connectivity index (χ1) is 9.27. The van der Waals surface area contributed by atoms with E-state index in [2.05, 4.69) is 17.9 Å². The van der Waals surface area contributed by atoms with Crippen LogP contribution in [0.4, 0.5) is 0 Å². The molecule has 0 saturated carbocycles. The van der Waals surface area contributed by atoms with Gasteiger partial charge in [-0.25, -0.2) is 0 Å². The highest BCUT2D eigenvalue weighted by molar-refractivity contribution is 7.80. The average molecular weight is 304 g/mol. The quantitative estimate of drug-likeness (QED) is 0.399. The van der Waals surface area contributed by atoms with E-state index in [0.29, 0.717) is 0 Å². The van der Waals surface area contributed by atoms with Crippen LogP contribution in [-0.2, 0) is 19.2 Å². The van der Waals surface area contributed by atoms with E-state index < -0.39 is 23.8 Å². The third-order valence-corrected chi connectivity index (χ3v) is 3.07. The van der Waals surface area contributed by atoms with Gasteiger partial charge in [-0.3, -0.25) is 19.2 Å². The number of hydrogen-bond acceptors (Lipinski definition) is 6. The molecule has 4 N–H and O–H groups in total. The zero-order chi connectivity index (χ0) is 15.7. The Balaban J connectivity index is 4.21. The van der Waals surface area contributed by atoms with Crippen molar-refractivity contribution in [3.8, 4) is 0 Å². The minimum absolute atomic E-state index is 0.00225. The van der Waals surface area contributed by atoms with Gasteiger partial charge in [-0.1, -0.05) is 0 Å². The molecule has 7 nitrogen and oxygen atoms in total. The number of nitrogens with one attached hydrogen (secondary N) is 1. The van der Waals surface area contributed by atoms with Crippen LogP contribution in [0.5, 0.6) is 0 Å². The second-order valence-electron chi connectivity index (χ2n) is 4.53. The molecule has 1 amide bonds. The molecule has 20 heavy (non-hydrogen) atoms. The van der Waals surface area contributed by atoms with Crippen LogP contribution in [-0.4, -0.2) is 46.9 Å². The number of ketones is 2. The predicted molar refractivity (Wildman–Crippen MR) is 75.5 cm³/mol. The van der Waals surface area contributed by atoms with Crippen molar-refractivity contribution in [2.45, 2.75) is 32.2 Å². The first-order valence-corrected chi connectivity index (χ1v) is 6.79. The Morgan fingerprint density at radius 3 is 2.35 bits per heavy atom. The number of nitrogens with two attached hydrogens (primary N) is 1. The normalized spacial score (nSPS) is 13.3. The molecule has 0 bridgehead atoms. The third-order valence-electron chi connectivity index (χ3n) is 2.63. The molecule has 0 saturated heterocycles. The molecule has 0 fully saturated rings. The number of aliphatic carboxylic acids is 1. The van der Waals surface area contributed by atoms with E-state index in [-0.39, 0.29) is 43.1 Å². The largest absolute Gasteiger partial charge is 0.480 e. The van der Waals surface area contributed by atoms with Crippen molar-refractivity contribution in [2.24, 2.45) is 11.7 Å². The van der Waals surface area contributed by atoms with Crippen LogP contribution in [0.3, 0.4) is 0 Å². The zero-order valence-corrected chi connectivity index (χ0v) is 12.2. The maximum Gasteiger partial charge on any atom is 0.320 e. The molecule has 0 aromatic rings. The Morgan fingerprint density at radius 2 is 1.90 bits per heavy atom. The fourth-order valence-electron chi connectivity index (χ4n) is 1.41. The molecule has 0 aromatic carbocycles. The van der Waals surface area contributed by atoms with E-state index in [0.717, 1.165) is 0 Å². The maximum atomic E-state index is 11.7. The Labute approximate surface area is 122 Å². The molecule has 0 aliphatic carbocycles. The lowest BCUT2D eigenvalue weighted by molar-refractivity contribution is -0.138. The number of hydrogen-bond donors (Lipinski definition) is 4. The molecular formula is C12H20N2O5S. The number of Topliss-reactive ketones (excluding diaryl/α,β-unsaturated/α-hetero) is 2. The van der Waals surface area contributed by atoms with E-state index in [9.17, 15) is 19.2 Å². The van der Waals surface area contributed by atoms with Gasteiger partial charge < -0.3 is 16.2 Å². The van der Waals surface area contributed by atoms with Crippen molar-refractivity contribution in [2.75, 3.05) is 12.3 Å². The van der Waals surface area contributed by atoms with Crippen LogP contribution in [0.25, 0.3) is 0 Å².